The molecule has 0 bridgehead atoms. The van der Waals surface area contributed by atoms with Gasteiger partial charge >= 0.3 is 12.0 Å². The van der Waals surface area contributed by atoms with E-state index in [2.05, 4.69) is 10.6 Å². The predicted molar refractivity (Wildman–Crippen MR) is 63.7 cm³/mol. The molecule has 102 valence electrons. The molecule has 0 unspecified atom stereocenters. The Hall–Kier alpha value is -1.79. The lowest BCUT2D eigenvalue weighted by Gasteiger charge is -2.25. The standard InChI is InChI=1S/C11H19N3O4/c12-9(15)5-4-8(10(16)17)14-11(18)13-6-7-2-1-3-7/h7-8H,1-6H2,(H2,12,15)(H,16,17)(H2,13,14,18)/t8-/m1/s1. The van der Waals surface area contributed by atoms with Crippen molar-refractivity contribution >= 4 is 17.9 Å². The number of amides is 3. The second-order valence-corrected chi connectivity index (χ2v) is 4.55. The lowest BCUT2D eigenvalue weighted by Crippen LogP contribution is -2.47. The normalized spacial score (nSPS) is 16.4. The van der Waals surface area contributed by atoms with Crippen molar-refractivity contribution < 1.29 is 19.5 Å². The number of rotatable bonds is 7. The number of hydrogen-bond donors (Lipinski definition) is 4. The number of hydrogen-bond acceptors (Lipinski definition) is 3. The number of carbonyl (C=O) groups is 3. The SMILES string of the molecule is NC(=O)CC[C@@H](NC(=O)NCC1CCC1)C(=O)O. The second kappa shape index (κ2) is 6.83. The maximum Gasteiger partial charge on any atom is 0.326 e. The highest BCUT2D eigenvalue weighted by Crippen LogP contribution is 2.24. The lowest BCUT2D eigenvalue weighted by molar-refractivity contribution is -0.139. The van der Waals surface area contributed by atoms with E-state index in [0.717, 1.165) is 12.8 Å². The molecule has 7 nitrogen and oxygen atoms in total. The van der Waals surface area contributed by atoms with Gasteiger partial charge in [0.1, 0.15) is 6.04 Å². The van der Waals surface area contributed by atoms with Gasteiger partial charge in [-0.3, -0.25) is 4.79 Å². The summed E-state index contributed by atoms with van der Waals surface area (Å²) in [6, 6.07) is -1.60. The molecule has 0 aliphatic heterocycles. The molecule has 5 N–H and O–H groups in total. The van der Waals surface area contributed by atoms with Crippen molar-refractivity contribution in [3.05, 3.63) is 0 Å². The first-order chi connectivity index (χ1) is 8.49. The first kappa shape index (κ1) is 14.3. The summed E-state index contributed by atoms with van der Waals surface area (Å²) in [5.74, 6) is -1.25. The zero-order valence-corrected chi connectivity index (χ0v) is 10.1. The molecule has 0 heterocycles. The predicted octanol–water partition coefficient (Wildman–Crippen LogP) is -0.196. The molecule has 3 amide bonds. The summed E-state index contributed by atoms with van der Waals surface area (Å²) in [6.45, 7) is 0.563. The Morgan fingerprint density at radius 2 is 2.00 bits per heavy atom. The number of carbonyl (C=O) groups excluding carboxylic acids is 2. The Balaban J connectivity index is 2.27. The fourth-order valence-corrected chi connectivity index (χ4v) is 1.69. The molecular weight excluding hydrogens is 238 g/mol. The smallest absolute Gasteiger partial charge is 0.326 e. The van der Waals surface area contributed by atoms with Crippen LogP contribution in [0.15, 0.2) is 0 Å². The number of nitrogens with two attached hydrogens (primary N) is 1. The monoisotopic (exact) mass is 257 g/mol. The van der Waals surface area contributed by atoms with Crippen LogP contribution in [0, 0.1) is 5.92 Å². The molecule has 1 aliphatic carbocycles. The molecule has 1 atom stereocenters. The van der Waals surface area contributed by atoms with Crippen LogP contribution in [0.3, 0.4) is 0 Å². The number of urea groups is 1. The largest absolute Gasteiger partial charge is 0.480 e. The van der Waals surface area contributed by atoms with Crippen LogP contribution in [0.2, 0.25) is 0 Å². The molecular formula is C11H19N3O4. The average Bonchev–Trinajstić information content (AvgIpc) is 2.21. The Bertz CT molecular complexity index is 328. The third kappa shape index (κ3) is 5.03. The number of aliphatic carboxylic acids is 1. The molecule has 0 aromatic carbocycles. The highest BCUT2D eigenvalue weighted by atomic mass is 16.4. The van der Waals surface area contributed by atoms with E-state index in [1.807, 2.05) is 0 Å². The average molecular weight is 257 g/mol. The van der Waals surface area contributed by atoms with Crippen molar-refractivity contribution in [3.63, 3.8) is 0 Å². The Kier molecular flexibility index (Phi) is 5.41. The topological polar surface area (TPSA) is 122 Å². The van der Waals surface area contributed by atoms with Crippen molar-refractivity contribution in [3.8, 4) is 0 Å². The van der Waals surface area contributed by atoms with Crippen LogP contribution in [0.4, 0.5) is 4.79 Å². The third-order valence-corrected chi connectivity index (χ3v) is 3.06. The number of primary amides is 1. The minimum atomic E-state index is -1.17. The third-order valence-electron chi connectivity index (χ3n) is 3.06. The van der Waals surface area contributed by atoms with E-state index < -0.39 is 23.9 Å². The van der Waals surface area contributed by atoms with Crippen LogP contribution in [0.25, 0.3) is 0 Å². The van der Waals surface area contributed by atoms with Crippen LogP contribution in [-0.2, 0) is 9.59 Å². The summed E-state index contributed by atoms with van der Waals surface area (Å²) in [5, 5.41) is 13.8. The first-order valence-electron chi connectivity index (χ1n) is 6.04. The molecule has 1 aliphatic rings. The fraction of sp³-hybridized carbons (Fsp3) is 0.727. The lowest BCUT2D eigenvalue weighted by atomic mass is 9.85. The van der Waals surface area contributed by atoms with Gasteiger partial charge in [0, 0.05) is 13.0 Å². The van der Waals surface area contributed by atoms with Gasteiger partial charge in [-0.2, -0.15) is 0 Å². The molecule has 0 aromatic rings. The van der Waals surface area contributed by atoms with Crippen molar-refractivity contribution in [2.75, 3.05) is 6.54 Å². The van der Waals surface area contributed by atoms with Gasteiger partial charge in [-0.15, -0.1) is 0 Å². The van der Waals surface area contributed by atoms with Gasteiger partial charge in [-0.1, -0.05) is 6.42 Å². The van der Waals surface area contributed by atoms with Gasteiger partial charge in [0.15, 0.2) is 0 Å². The van der Waals surface area contributed by atoms with Gasteiger partial charge in [-0.25, -0.2) is 9.59 Å². The van der Waals surface area contributed by atoms with E-state index in [9.17, 15) is 14.4 Å². The van der Waals surface area contributed by atoms with E-state index in [1.165, 1.54) is 6.42 Å². The molecule has 1 rings (SSSR count). The molecule has 0 saturated heterocycles. The van der Waals surface area contributed by atoms with Gasteiger partial charge < -0.3 is 21.5 Å². The molecule has 0 radical (unpaired) electrons. The minimum Gasteiger partial charge on any atom is -0.480 e. The Morgan fingerprint density at radius 3 is 2.44 bits per heavy atom. The Labute approximate surface area is 105 Å². The van der Waals surface area contributed by atoms with Crippen molar-refractivity contribution in [1.29, 1.82) is 0 Å². The van der Waals surface area contributed by atoms with Crippen LogP contribution < -0.4 is 16.4 Å². The molecule has 0 spiro atoms. The molecule has 7 heteroatoms. The van der Waals surface area contributed by atoms with E-state index in [4.69, 9.17) is 10.8 Å². The first-order valence-corrected chi connectivity index (χ1v) is 6.04. The summed E-state index contributed by atoms with van der Waals surface area (Å²) in [6.07, 6.45) is 3.32. The number of carboxylic acid groups (broad SMARTS) is 1. The van der Waals surface area contributed by atoms with E-state index in [0.29, 0.717) is 12.5 Å². The van der Waals surface area contributed by atoms with E-state index >= 15 is 0 Å². The van der Waals surface area contributed by atoms with Crippen LogP contribution in [0.1, 0.15) is 32.1 Å². The van der Waals surface area contributed by atoms with Crippen LogP contribution >= 0.6 is 0 Å². The zero-order valence-electron chi connectivity index (χ0n) is 10.1. The van der Waals surface area contributed by atoms with Gasteiger partial charge in [0.05, 0.1) is 0 Å². The summed E-state index contributed by atoms with van der Waals surface area (Å²) in [5.41, 5.74) is 4.94. The second-order valence-electron chi connectivity index (χ2n) is 4.55. The quantitative estimate of drug-likeness (QED) is 0.504. The summed E-state index contributed by atoms with van der Waals surface area (Å²) >= 11 is 0. The molecule has 1 saturated carbocycles. The maximum atomic E-state index is 11.4. The van der Waals surface area contributed by atoms with Gasteiger partial charge in [0.2, 0.25) is 5.91 Å². The minimum absolute atomic E-state index is 0.00150. The van der Waals surface area contributed by atoms with Gasteiger partial charge in [-0.05, 0) is 25.2 Å². The highest BCUT2D eigenvalue weighted by molar-refractivity contribution is 5.83. The summed E-state index contributed by atoms with van der Waals surface area (Å²) in [4.78, 5) is 32.9. The highest BCUT2D eigenvalue weighted by Gasteiger charge is 2.22. The van der Waals surface area contributed by atoms with Crippen LogP contribution in [-0.4, -0.2) is 35.6 Å². The zero-order chi connectivity index (χ0) is 13.5. The maximum absolute atomic E-state index is 11.4. The van der Waals surface area contributed by atoms with Crippen molar-refractivity contribution in [2.24, 2.45) is 11.7 Å². The van der Waals surface area contributed by atoms with E-state index in [-0.39, 0.29) is 12.8 Å². The Morgan fingerprint density at radius 1 is 1.33 bits per heavy atom. The van der Waals surface area contributed by atoms with Crippen molar-refractivity contribution in [1.82, 2.24) is 10.6 Å². The van der Waals surface area contributed by atoms with Gasteiger partial charge in [0.25, 0.3) is 0 Å². The van der Waals surface area contributed by atoms with Crippen molar-refractivity contribution in [2.45, 2.75) is 38.1 Å². The van der Waals surface area contributed by atoms with E-state index in [1.54, 1.807) is 0 Å². The summed E-state index contributed by atoms with van der Waals surface area (Å²) < 4.78 is 0. The number of nitrogens with one attached hydrogen (secondary N) is 2. The fourth-order valence-electron chi connectivity index (χ4n) is 1.69. The summed E-state index contributed by atoms with van der Waals surface area (Å²) in [7, 11) is 0. The molecule has 18 heavy (non-hydrogen) atoms. The molecule has 1 fully saturated rings. The number of carboxylic acids is 1. The van der Waals surface area contributed by atoms with Crippen LogP contribution in [0.5, 0.6) is 0 Å². The molecule has 0 aromatic heterocycles.